The van der Waals surface area contributed by atoms with Crippen LogP contribution in [0.5, 0.6) is 0 Å². The summed E-state index contributed by atoms with van der Waals surface area (Å²) in [7, 11) is 0. The molecule has 1 aromatic heterocycles. The maximum atomic E-state index is 13.4. The third-order valence-corrected chi connectivity index (χ3v) is 2.70. The molecule has 2 N–H and O–H groups in total. The van der Waals surface area contributed by atoms with Crippen LogP contribution in [0.15, 0.2) is 39.4 Å². The molecular weight excluding hydrogens is 321 g/mol. The van der Waals surface area contributed by atoms with Gasteiger partial charge in [0.1, 0.15) is 11.4 Å². The molecule has 98 valence electrons. The van der Waals surface area contributed by atoms with Crippen LogP contribution in [-0.4, -0.2) is 17.0 Å². The molecular formula is C12H7BrFNO4. The lowest BCUT2D eigenvalue weighted by molar-refractivity contribution is 0.0693. The Hall–Kier alpha value is -2.15. The predicted octanol–water partition coefficient (Wildman–Crippen LogP) is 3.13. The van der Waals surface area contributed by atoms with E-state index in [0.717, 1.165) is 6.07 Å². The zero-order valence-corrected chi connectivity index (χ0v) is 10.9. The number of anilines is 1. The Kier molecular flexibility index (Phi) is 3.66. The van der Waals surface area contributed by atoms with E-state index in [-0.39, 0.29) is 11.4 Å². The number of aromatic carboxylic acids is 1. The molecule has 0 aliphatic rings. The fourth-order valence-electron chi connectivity index (χ4n) is 1.47. The Labute approximate surface area is 115 Å². The minimum absolute atomic E-state index is 0.0209. The largest absolute Gasteiger partial charge is 0.478 e. The van der Waals surface area contributed by atoms with Crippen LogP contribution in [0.1, 0.15) is 20.9 Å². The SMILES string of the molecule is O=C(Nc1cccc(F)c1C(=O)O)c1ccc(Br)o1. The number of amides is 1. The zero-order chi connectivity index (χ0) is 14.0. The number of rotatable bonds is 3. The molecule has 7 heteroatoms. The van der Waals surface area contributed by atoms with Crippen molar-refractivity contribution in [2.45, 2.75) is 0 Å². The van der Waals surface area contributed by atoms with Crippen molar-refractivity contribution in [2.75, 3.05) is 5.32 Å². The van der Waals surface area contributed by atoms with Gasteiger partial charge in [0.25, 0.3) is 5.91 Å². The summed E-state index contributed by atoms with van der Waals surface area (Å²) in [5, 5.41) is 11.2. The van der Waals surface area contributed by atoms with Crippen molar-refractivity contribution in [3.63, 3.8) is 0 Å². The molecule has 1 aromatic carbocycles. The molecule has 0 saturated carbocycles. The summed E-state index contributed by atoms with van der Waals surface area (Å²) in [5.41, 5.74) is -0.730. The molecule has 0 spiro atoms. The molecule has 19 heavy (non-hydrogen) atoms. The van der Waals surface area contributed by atoms with Gasteiger partial charge in [-0.2, -0.15) is 0 Å². The van der Waals surface area contributed by atoms with Crippen molar-refractivity contribution >= 4 is 33.5 Å². The summed E-state index contributed by atoms with van der Waals surface area (Å²) in [6.07, 6.45) is 0. The van der Waals surface area contributed by atoms with Crippen LogP contribution >= 0.6 is 15.9 Å². The Morgan fingerprint density at radius 3 is 2.58 bits per heavy atom. The van der Waals surface area contributed by atoms with Crippen molar-refractivity contribution in [3.8, 4) is 0 Å². The first-order valence-corrected chi connectivity index (χ1v) is 5.87. The summed E-state index contributed by atoms with van der Waals surface area (Å²) in [4.78, 5) is 22.7. The number of benzene rings is 1. The van der Waals surface area contributed by atoms with Crippen LogP contribution in [0.4, 0.5) is 10.1 Å². The quantitative estimate of drug-likeness (QED) is 0.907. The van der Waals surface area contributed by atoms with Crippen molar-refractivity contribution < 1.29 is 23.5 Å². The van der Waals surface area contributed by atoms with E-state index in [1.165, 1.54) is 24.3 Å². The smallest absolute Gasteiger partial charge is 0.340 e. The van der Waals surface area contributed by atoms with Gasteiger partial charge in [-0.15, -0.1) is 0 Å². The first-order chi connectivity index (χ1) is 8.99. The van der Waals surface area contributed by atoms with Gasteiger partial charge in [-0.05, 0) is 40.2 Å². The molecule has 0 aliphatic heterocycles. The van der Waals surface area contributed by atoms with E-state index in [1.807, 2.05) is 0 Å². The highest BCUT2D eigenvalue weighted by Gasteiger charge is 2.19. The van der Waals surface area contributed by atoms with Crippen LogP contribution in [0.2, 0.25) is 0 Å². The van der Waals surface area contributed by atoms with Gasteiger partial charge in [0, 0.05) is 0 Å². The second-order valence-electron chi connectivity index (χ2n) is 3.53. The molecule has 0 bridgehead atoms. The van der Waals surface area contributed by atoms with Crippen molar-refractivity contribution in [1.29, 1.82) is 0 Å². The van der Waals surface area contributed by atoms with E-state index < -0.39 is 23.3 Å². The van der Waals surface area contributed by atoms with Gasteiger partial charge in [0.05, 0.1) is 5.69 Å². The van der Waals surface area contributed by atoms with E-state index in [1.54, 1.807) is 0 Å². The first-order valence-electron chi connectivity index (χ1n) is 5.07. The number of hydrogen-bond acceptors (Lipinski definition) is 3. The summed E-state index contributed by atoms with van der Waals surface area (Å²) in [6, 6.07) is 6.51. The molecule has 0 unspecified atom stereocenters. The minimum Gasteiger partial charge on any atom is -0.478 e. The molecule has 0 saturated heterocycles. The molecule has 1 amide bonds. The van der Waals surface area contributed by atoms with E-state index in [9.17, 15) is 14.0 Å². The van der Waals surface area contributed by atoms with E-state index in [4.69, 9.17) is 9.52 Å². The number of halogens is 2. The highest BCUT2D eigenvalue weighted by Crippen LogP contribution is 2.21. The zero-order valence-electron chi connectivity index (χ0n) is 9.31. The molecule has 0 fully saturated rings. The second-order valence-corrected chi connectivity index (χ2v) is 4.31. The van der Waals surface area contributed by atoms with Gasteiger partial charge in [-0.3, -0.25) is 4.79 Å². The average Bonchev–Trinajstić information content (AvgIpc) is 2.75. The number of carboxylic acid groups (broad SMARTS) is 1. The lowest BCUT2D eigenvalue weighted by Crippen LogP contribution is -2.15. The monoisotopic (exact) mass is 327 g/mol. The molecule has 2 rings (SSSR count). The summed E-state index contributed by atoms with van der Waals surface area (Å²) >= 11 is 3.03. The third kappa shape index (κ3) is 2.82. The third-order valence-electron chi connectivity index (χ3n) is 2.27. The highest BCUT2D eigenvalue weighted by molar-refractivity contribution is 9.10. The lowest BCUT2D eigenvalue weighted by Gasteiger charge is -2.07. The standard InChI is InChI=1S/C12H7BrFNO4/c13-9-5-4-8(19-9)11(16)15-7-3-1-2-6(14)10(7)12(17)18/h1-5H,(H,15,16)(H,17,18). The number of furan rings is 1. The second kappa shape index (κ2) is 5.23. The summed E-state index contributed by atoms with van der Waals surface area (Å²) in [5.74, 6) is -3.08. The van der Waals surface area contributed by atoms with Gasteiger partial charge < -0.3 is 14.8 Å². The Morgan fingerprint density at radius 1 is 1.26 bits per heavy atom. The van der Waals surface area contributed by atoms with Gasteiger partial charge in [0.15, 0.2) is 10.4 Å². The van der Waals surface area contributed by atoms with Crippen LogP contribution in [0.25, 0.3) is 0 Å². The van der Waals surface area contributed by atoms with Gasteiger partial charge >= 0.3 is 5.97 Å². The molecule has 1 heterocycles. The van der Waals surface area contributed by atoms with Crippen LogP contribution in [-0.2, 0) is 0 Å². The fourth-order valence-corrected chi connectivity index (χ4v) is 1.77. The van der Waals surface area contributed by atoms with Crippen molar-refractivity contribution in [1.82, 2.24) is 0 Å². The van der Waals surface area contributed by atoms with Gasteiger partial charge in [-0.25, -0.2) is 9.18 Å². The van der Waals surface area contributed by atoms with Crippen LogP contribution in [0, 0.1) is 5.82 Å². The topological polar surface area (TPSA) is 79.5 Å². The maximum Gasteiger partial charge on any atom is 0.340 e. The van der Waals surface area contributed by atoms with Crippen molar-refractivity contribution in [2.24, 2.45) is 0 Å². The van der Waals surface area contributed by atoms with Gasteiger partial charge in [0.2, 0.25) is 0 Å². The first kappa shape index (κ1) is 13.3. The number of carbonyl (C=O) groups is 2. The molecule has 2 aromatic rings. The van der Waals surface area contributed by atoms with Crippen LogP contribution < -0.4 is 5.32 Å². The van der Waals surface area contributed by atoms with Crippen molar-refractivity contribution in [3.05, 3.63) is 52.1 Å². The lowest BCUT2D eigenvalue weighted by atomic mass is 10.1. The van der Waals surface area contributed by atoms with E-state index >= 15 is 0 Å². The Bertz CT molecular complexity index is 653. The highest BCUT2D eigenvalue weighted by atomic mass is 79.9. The minimum atomic E-state index is -1.46. The number of carbonyl (C=O) groups excluding carboxylic acids is 1. The fraction of sp³-hybridized carbons (Fsp3) is 0. The summed E-state index contributed by atoms with van der Waals surface area (Å²) in [6.45, 7) is 0. The normalized spacial score (nSPS) is 10.2. The average molecular weight is 328 g/mol. The maximum absolute atomic E-state index is 13.4. The van der Waals surface area contributed by atoms with E-state index in [2.05, 4.69) is 21.2 Å². The number of nitrogens with one attached hydrogen (secondary N) is 1. The number of carboxylic acids is 1. The Balaban J connectivity index is 2.31. The predicted molar refractivity (Wildman–Crippen MR) is 67.7 cm³/mol. The molecule has 0 radical (unpaired) electrons. The van der Waals surface area contributed by atoms with Crippen LogP contribution in [0.3, 0.4) is 0 Å². The number of hydrogen-bond donors (Lipinski definition) is 2. The molecule has 0 atom stereocenters. The Morgan fingerprint density at radius 2 is 2.00 bits per heavy atom. The molecule has 0 aliphatic carbocycles. The van der Waals surface area contributed by atoms with E-state index in [0.29, 0.717) is 4.67 Å². The van der Waals surface area contributed by atoms with Gasteiger partial charge in [-0.1, -0.05) is 6.07 Å². The summed E-state index contributed by atoms with van der Waals surface area (Å²) < 4.78 is 18.8. The molecule has 5 nitrogen and oxygen atoms in total.